The van der Waals surface area contributed by atoms with Gasteiger partial charge in [0.2, 0.25) is 5.91 Å². The molecule has 0 saturated carbocycles. The van der Waals surface area contributed by atoms with Gasteiger partial charge >= 0.3 is 0 Å². The van der Waals surface area contributed by atoms with Crippen LogP contribution < -0.4 is 5.32 Å². The highest BCUT2D eigenvalue weighted by atomic mass is 16.3. The van der Waals surface area contributed by atoms with Gasteiger partial charge in [-0.15, -0.1) is 0 Å². The Labute approximate surface area is 132 Å². The molecular weight excluding hydrogens is 276 g/mol. The minimum Gasteiger partial charge on any atom is -0.396 e. The molecule has 2 bridgehead atoms. The lowest BCUT2D eigenvalue weighted by atomic mass is 9.72. The van der Waals surface area contributed by atoms with Gasteiger partial charge in [-0.3, -0.25) is 9.69 Å². The van der Waals surface area contributed by atoms with Crippen molar-refractivity contribution >= 4 is 5.91 Å². The van der Waals surface area contributed by atoms with E-state index in [1.165, 1.54) is 6.42 Å². The Morgan fingerprint density at radius 1 is 1.36 bits per heavy atom. The molecule has 0 radical (unpaired) electrons. The molecule has 22 heavy (non-hydrogen) atoms. The monoisotopic (exact) mass is 302 g/mol. The topological polar surface area (TPSA) is 52.6 Å². The average molecular weight is 302 g/mol. The van der Waals surface area contributed by atoms with Crippen molar-refractivity contribution < 1.29 is 9.90 Å². The minimum absolute atomic E-state index is 0.0165. The fourth-order valence-corrected chi connectivity index (χ4v) is 4.34. The highest BCUT2D eigenvalue weighted by Crippen LogP contribution is 2.51. The average Bonchev–Trinajstić information content (AvgIpc) is 3.09. The Bertz CT molecular complexity index is 513. The second-order valence-corrected chi connectivity index (χ2v) is 6.76. The zero-order chi connectivity index (χ0) is 15.6. The normalized spacial score (nSPS) is 30.6. The number of aliphatic hydroxyl groups excluding tert-OH is 1. The van der Waals surface area contributed by atoms with Crippen LogP contribution in [0.1, 0.15) is 38.2 Å². The zero-order valence-electron chi connectivity index (χ0n) is 13.3. The third-order valence-electron chi connectivity index (χ3n) is 5.67. The molecule has 0 spiro atoms. The van der Waals surface area contributed by atoms with Crippen LogP contribution in [0.5, 0.6) is 0 Å². The molecule has 1 aromatic carbocycles. The van der Waals surface area contributed by atoms with Gasteiger partial charge in [0.05, 0.1) is 13.2 Å². The van der Waals surface area contributed by atoms with Crippen molar-refractivity contribution in [3.8, 4) is 0 Å². The molecule has 4 heteroatoms. The zero-order valence-corrected chi connectivity index (χ0v) is 13.3. The third-order valence-corrected chi connectivity index (χ3v) is 5.67. The molecule has 2 aliphatic heterocycles. The van der Waals surface area contributed by atoms with Crippen molar-refractivity contribution in [2.24, 2.45) is 5.41 Å². The Morgan fingerprint density at radius 2 is 2.14 bits per heavy atom. The van der Waals surface area contributed by atoms with Crippen LogP contribution in [0.3, 0.4) is 0 Å². The van der Waals surface area contributed by atoms with Crippen molar-refractivity contribution in [1.29, 1.82) is 0 Å². The molecule has 2 fully saturated rings. The predicted molar refractivity (Wildman–Crippen MR) is 86.2 cm³/mol. The smallest absolute Gasteiger partial charge is 0.234 e. The van der Waals surface area contributed by atoms with Gasteiger partial charge in [-0.1, -0.05) is 37.3 Å². The fourth-order valence-electron chi connectivity index (χ4n) is 4.34. The molecule has 4 nitrogen and oxygen atoms in total. The summed E-state index contributed by atoms with van der Waals surface area (Å²) in [5, 5.41) is 12.8. The van der Waals surface area contributed by atoms with Crippen molar-refractivity contribution in [2.75, 3.05) is 13.2 Å². The summed E-state index contributed by atoms with van der Waals surface area (Å²) in [6, 6.07) is 10.8. The number of carbonyl (C=O) groups is 1. The number of nitrogens with one attached hydrogen (secondary N) is 1. The molecule has 2 N–H and O–H groups in total. The number of benzene rings is 1. The Balaban J connectivity index is 1.56. The molecule has 3 rings (SSSR count). The quantitative estimate of drug-likeness (QED) is 0.844. The summed E-state index contributed by atoms with van der Waals surface area (Å²) in [6.07, 6.45) is 4.31. The van der Waals surface area contributed by atoms with Crippen molar-refractivity contribution in [3.05, 3.63) is 35.9 Å². The molecule has 1 aromatic rings. The lowest BCUT2D eigenvalue weighted by Crippen LogP contribution is -2.43. The first-order chi connectivity index (χ1) is 10.7. The molecule has 2 heterocycles. The Kier molecular flexibility index (Phi) is 4.50. The van der Waals surface area contributed by atoms with Gasteiger partial charge in [0, 0.05) is 24.0 Å². The van der Waals surface area contributed by atoms with Crippen molar-refractivity contribution in [3.63, 3.8) is 0 Å². The van der Waals surface area contributed by atoms with Crippen LogP contribution in [0.25, 0.3) is 0 Å². The molecule has 0 unspecified atom stereocenters. The van der Waals surface area contributed by atoms with Crippen LogP contribution in [0, 0.1) is 5.41 Å². The SMILES string of the molecule is CC[C@]1(CO)C[C@H]2CC[C@@H]1N2CC(=O)NCc1ccccc1. The van der Waals surface area contributed by atoms with E-state index in [1.807, 2.05) is 30.3 Å². The van der Waals surface area contributed by atoms with E-state index >= 15 is 0 Å². The van der Waals surface area contributed by atoms with Crippen molar-refractivity contribution in [2.45, 2.75) is 51.2 Å². The van der Waals surface area contributed by atoms with Gasteiger partial charge in [-0.2, -0.15) is 0 Å². The Morgan fingerprint density at radius 3 is 2.77 bits per heavy atom. The highest BCUT2D eigenvalue weighted by Gasteiger charge is 2.54. The lowest BCUT2D eigenvalue weighted by Gasteiger charge is -2.35. The summed E-state index contributed by atoms with van der Waals surface area (Å²) in [6.45, 7) is 3.45. The number of hydrogen-bond acceptors (Lipinski definition) is 3. The van der Waals surface area contributed by atoms with Gasteiger partial charge < -0.3 is 10.4 Å². The van der Waals surface area contributed by atoms with E-state index in [0.29, 0.717) is 25.2 Å². The summed E-state index contributed by atoms with van der Waals surface area (Å²) in [5.74, 6) is 0.0885. The predicted octanol–water partition coefficient (Wildman–Crippen LogP) is 1.93. The van der Waals surface area contributed by atoms with E-state index in [2.05, 4.69) is 17.1 Å². The number of rotatable bonds is 6. The van der Waals surface area contributed by atoms with Gasteiger partial charge in [0.1, 0.15) is 0 Å². The maximum atomic E-state index is 12.3. The van der Waals surface area contributed by atoms with Crippen LogP contribution in [-0.2, 0) is 11.3 Å². The fraction of sp³-hybridized carbons (Fsp3) is 0.611. The second kappa shape index (κ2) is 6.39. The maximum Gasteiger partial charge on any atom is 0.234 e. The first kappa shape index (κ1) is 15.5. The standard InChI is InChI=1S/C18H26N2O2/c1-2-18(13-21)10-15-8-9-16(18)20(15)12-17(22)19-11-14-6-4-3-5-7-14/h3-7,15-16,21H,2,8-13H2,1H3,(H,19,22)/t15-,16+,18-/m1/s1. The van der Waals surface area contributed by atoms with E-state index in [-0.39, 0.29) is 17.9 Å². The molecule has 2 saturated heterocycles. The molecule has 3 atom stereocenters. The number of fused-ring (bicyclic) bond motifs is 2. The van der Waals surface area contributed by atoms with Gasteiger partial charge in [-0.05, 0) is 31.2 Å². The molecule has 0 aromatic heterocycles. The van der Waals surface area contributed by atoms with Crippen LogP contribution >= 0.6 is 0 Å². The van der Waals surface area contributed by atoms with Crippen LogP contribution in [0.4, 0.5) is 0 Å². The molecule has 120 valence electrons. The van der Waals surface area contributed by atoms with Gasteiger partial charge in [-0.25, -0.2) is 0 Å². The molecule has 2 aliphatic rings. The lowest BCUT2D eigenvalue weighted by molar-refractivity contribution is -0.123. The van der Waals surface area contributed by atoms with Gasteiger partial charge in [0.15, 0.2) is 0 Å². The van der Waals surface area contributed by atoms with E-state index in [4.69, 9.17) is 0 Å². The summed E-state index contributed by atoms with van der Waals surface area (Å²) in [4.78, 5) is 14.6. The summed E-state index contributed by atoms with van der Waals surface area (Å²) in [5.41, 5.74) is 1.14. The van der Waals surface area contributed by atoms with E-state index in [1.54, 1.807) is 0 Å². The maximum absolute atomic E-state index is 12.3. The number of carbonyl (C=O) groups excluding carboxylic acids is 1. The van der Waals surface area contributed by atoms with E-state index in [0.717, 1.165) is 24.8 Å². The van der Waals surface area contributed by atoms with Crippen molar-refractivity contribution in [1.82, 2.24) is 10.2 Å². The van der Waals surface area contributed by atoms with E-state index < -0.39 is 0 Å². The first-order valence-electron chi connectivity index (χ1n) is 8.36. The first-order valence-corrected chi connectivity index (χ1v) is 8.36. The van der Waals surface area contributed by atoms with E-state index in [9.17, 15) is 9.90 Å². The largest absolute Gasteiger partial charge is 0.396 e. The molecule has 1 amide bonds. The van der Waals surface area contributed by atoms with Crippen LogP contribution in [0.15, 0.2) is 30.3 Å². The summed E-state index contributed by atoms with van der Waals surface area (Å²) in [7, 11) is 0. The van der Waals surface area contributed by atoms with Crippen LogP contribution in [-0.4, -0.2) is 41.1 Å². The van der Waals surface area contributed by atoms with Crippen LogP contribution in [0.2, 0.25) is 0 Å². The summed E-state index contributed by atoms with van der Waals surface area (Å²) < 4.78 is 0. The third kappa shape index (κ3) is 2.77. The highest BCUT2D eigenvalue weighted by molar-refractivity contribution is 5.78. The number of aliphatic hydroxyl groups is 1. The van der Waals surface area contributed by atoms with Gasteiger partial charge in [0.25, 0.3) is 0 Å². The second-order valence-electron chi connectivity index (χ2n) is 6.76. The number of nitrogens with zero attached hydrogens (tertiary/aromatic N) is 1. The summed E-state index contributed by atoms with van der Waals surface area (Å²) >= 11 is 0. The molecule has 0 aliphatic carbocycles. The minimum atomic E-state index is 0.0165. The Hall–Kier alpha value is -1.39. The molecular formula is C18H26N2O2. The number of hydrogen-bond donors (Lipinski definition) is 2. The number of amides is 1.